The molecule has 0 aliphatic heterocycles. The van der Waals surface area contributed by atoms with E-state index in [0.29, 0.717) is 22.4 Å². The molecule has 3 rings (SSSR count). The van der Waals surface area contributed by atoms with Gasteiger partial charge in [-0.15, -0.1) is 0 Å². The highest BCUT2D eigenvalue weighted by molar-refractivity contribution is 6.02. The lowest BCUT2D eigenvalue weighted by molar-refractivity contribution is -0.136. The molecule has 28 heavy (non-hydrogen) atoms. The number of aromatic hydroxyl groups is 2. The van der Waals surface area contributed by atoms with Crippen LogP contribution in [-0.4, -0.2) is 26.9 Å². The summed E-state index contributed by atoms with van der Waals surface area (Å²) in [6.45, 7) is 1.59. The van der Waals surface area contributed by atoms with Gasteiger partial charge in [0.25, 0.3) is 5.91 Å². The number of phenols is 2. The average molecular weight is 376 g/mol. The maximum absolute atomic E-state index is 13.0. The topological polar surface area (TPSA) is 102 Å². The number of hydrogen-bond donors (Lipinski definition) is 4. The van der Waals surface area contributed by atoms with E-state index in [-0.39, 0.29) is 11.5 Å². The van der Waals surface area contributed by atoms with Gasteiger partial charge in [-0.25, -0.2) is 5.43 Å². The van der Waals surface area contributed by atoms with Crippen molar-refractivity contribution >= 4 is 11.6 Å². The van der Waals surface area contributed by atoms with Crippen LogP contribution in [-0.2, 0) is 10.4 Å². The minimum absolute atomic E-state index is 0.0828. The molecule has 0 saturated carbocycles. The van der Waals surface area contributed by atoms with Crippen LogP contribution in [0, 0.1) is 0 Å². The van der Waals surface area contributed by atoms with Gasteiger partial charge < -0.3 is 15.3 Å². The summed E-state index contributed by atoms with van der Waals surface area (Å²) in [5, 5.41) is 34.7. The number of phenolic OH excluding ortho intramolecular Hbond substituents is 2. The number of hydrogen-bond acceptors (Lipinski definition) is 5. The van der Waals surface area contributed by atoms with E-state index in [0.717, 1.165) is 0 Å². The largest absolute Gasteiger partial charge is 0.508 e. The fraction of sp³-hybridized carbons (Fsp3) is 0.0909. The van der Waals surface area contributed by atoms with Crippen molar-refractivity contribution in [3.63, 3.8) is 0 Å². The van der Waals surface area contributed by atoms with E-state index in [4.69, 9.17) is 0 Å². The molecule has 0 radical (unpaired) electrons. The van der Waals surface area contributed by atoms with Gasteiger partial charge in [0.05, 0.1) is 5.71 Å². The van der Waals surface area contributed by atoms with Crippen LogP contribution in [0.15, 0.2) is 84.0 Å². The van der Waals surface area contributed by atoms with Gasteiger partial charge in [-0.3, -0.25) is 4.79 Å². The molecule has 0 atom stereocenters. The minimum Gasteiger partial charge on any atom is -0.508 e. The van der Waals surface area contributed by atoms with Crippen LogP contribution < -0.4 is 5.43 Å². The summed E-state index contributed by atoms with van der Waals surface area (Å²) in [5.74, 6) is -0.986. The number of aliphatic hydroxyl groups is 1. The highest BCUT2D eigenvalue weighted by Crippen LogP contribution is 2.30. The quantitative estimate of drug-likeness (QED) is 0.406. The Labute approximate surface area is 162 Å². The Kier molecular flexibility index (Phi) is 5.42. The zero-order valence-electron chi connectivity index (χ0n) is 15.2. The van der Waals surface area contributed by atoms with Crippen molar-refractivity contribution in [2.45, 2.75) is 12.5 Å². The number of hydrazone groups is 1. The third-order valence-corrected chi connectivity index (χ3v) is 4.41. The Morgan fingerprint density at radius 2 is 1.43 bits per heavy atom. The third kappa shape index (κ3) is 3.72. The van der Waals surface area contributed by atoms with Gasteiger partial charge in [-0.1, -0.05) is 60.7 Å². The molecule has 0 fully saturated rings. The van der Waals surface area contributed by atoms with E-state index < -0.39 is 11.5 Å². The van der Waals surface area contributed by atoms with E-state index in [1.807, 2.05) is 0 Å². The van der Waals surface area contributed by atoms with Crippen molar-refractivity contribution in [1.82, 2.24) is 5.43 Å². The van der Waals surface area contributed by atoms with Crippen molar-refractivity contribution < 1.29 is 20.1 Å². The van der Waals surface area contributed by atoms with Crippen molar-refractivity contribution in [2.75, 3.05) is 0 Å². The second kappa shape index (κ2) is 7.94. The normalized spacial score (nSPS) is 11.9. The lowest BCUT2D eigenvalue weighted by Gasteiger charge is -2.27. The Balaban J connectivity index is 1.95. The van der Waals surface area contributed by atoms with Crippen LogP contribution in [0.25, 0.3) is 0 Å². The van der Waals surface area contributed by atoms with Gasteiger partial charge in [-0.2, -0.15) is 5.10 Å². The fourth-order valence-electron chi connectivity index (χ4n) is 2.89. The molecule has 0 bridgehead atoms. The first-order valence-corrected chi connectivity index (χ1v) is 8.63. The van der Waals surface area contributed by atoms with E-state index in [1.165, 1.54) is 18.2 Å². The Hall–Kier alpha value is -3.64. The van der Waals surface area contributed by atoms with Gasteiger partial charge >= 0.3 is 0 Å². The van der Waals surface area contributed by atoms with Gasteiger partial charge in [0, 0.05) is 11.6 Å². The first-order valence-electron chi connectivity index (χ1n) is 8.63. The predicted octanol–water partition coefficient (Wildman–Crippen LogP) is 2.87. The van der Waals surface area contributed by atoms with Gasteiger partial charge in [0.15, 0.2) is 5.60 Å². The predicted molar refractivity (Wildman–Crippen MR) is 106 cm³/mol. The number of rotatable bonds is 5. The van der Waals surface area contributed by atoms with Gasteiger partial charge in [0.2, 0.25) is 0 Å². The van der Waals surface area contributed by atoms with Crippen LogP contribution in [0.1, 0.15) is 23.6 Å². The van der Waals surface area contributed by atoms with Crippen LogP contribution in [0.3, 0.4) is 0 Å². The molecule has 0 heterocycles. The number of carbonyl (C=O) groups is 1. The lowest BCUT2D eigenvalue weighted by Crippen LogP contribution is -2.43. The summed E-state index contributed by atoms with van der Waals surface area (Å²) >= 11 is 0. The Bertz CT molecular complexity index is 962. The van der Waals surface area contributed by atoms with Crippen molar-refractivity contribution in [3.05, 3.63) is 95.6 Å². The van der Waals surface area contributed by atoms with Crippen LogP contribution in [0.4, 0.5) is 0 Å². The molecule has 0 unspecified atom stereocenters. The molecule has 142 valence electrons. The molecule has 0 aliphatic carbocycles. The standard InChI is InChI=1S/C22H20N2O4/c1-15(19-13-12-18(25)14-20(19)26)23-24-21(27)22(28,16-8-4-2-5-9-16)17-10-6-3-7-11-17/h2-14,25-26,28H,1H3,(H,24,27). The molecule has 0 aromatic heterocycles. The minimum atomic E-state index is -1.94. The SMILES string of the molecule is CC(=NNC(=O)C(O)(c1ccccc1)c1ccccc1)c1ccc(O)cc1O. The van der Waals surface area contributed by atoms with Crippen molar-refractivity contribution in [2.24, 2.45) is 5.10 Å². The summed E-state index contributed by atoms with van der Waals surface area (Å²) in [6.07, 6.45) is 0. The highest BCUT2D eigenvalue weighted by atomic mass is 16.3. The molecule has 4 N–H and O–H groups in total. The molecular formula is C22H20N2O4. The molecule has 0 saturated heterocycles. The summed E-state index contributed by atoms with van der Waals surface area (Å²) in [5.41, 5.74) is 1.91. The fourth-order valence-corrected chi connectivity index (χ4v) is 2.89. The molecule has 6 nitrogen and oxygen atoms in total. The van der Waals surface area contributed by atoms with Crippen LogP contribution in [0.2, 0.25) is 0 Å². The highest BCUT2D eigenvalue weighted by Gasteiger charge is 2.39. The van der Waals surface area contributed by atoms with Crippen LogP contribution >= 0.6 is 0 Å². The lowest BCUT2D eigenvalue weighted by atomic mass is 9.85. The van der Waals surface area contributed by atoms with Gasteiger partial charge in [0.1, 0.15) is 11.5 Å². The number of benzene rings is 3. The van der Waals surface area contributed by atoms with Crippen molar-refractivity contribution in [1.29, 1.82) is 0 Å². The molecule has 3 aromatic rings. The smallest absolute Gasteiger partial charge is 0.281 e. The average Bonchev–Trinajstić information content (AvgIpc) is 2.72. The van der Waals surface area contributed by atoms with Crippen LogP contribution in [0.5, 0.6) is 11.5 Å². The second-order valence-corrected chi connectivity index (χ2v) is 6.28. The van der Waals surface area contributed by atoms with E-state index in [2.05, 4.69) is 10.5 Å². The van der Waals surface area contributed by atoms with E-state index in [9.17, 15) is 20.1 Å². The zero-order chi connectivity index (χ0) is 20.1. The second-order valence-electron chi connectivity index (χ2n) is 6.28. The van der Waals surface area contributed by atoms with Crippen molar-refractivity contribution in [3.8, 4) is 11.5 Å². The number of amides is 1. The monoisotopic (exact) mass is 376 g/mol. The Morgan fingerprint density at radius 3 is 1.93 bits per heavy atom. The molecule has 0 spiro atoms. The number of nitrogens with zero attached hydrogens (tertiary/aromatic N) is 1. The van der Waals surface area contributed by atoms with E-state index >= 15 is 0 Å². The first-order chi connectivity index (χ1) is 13.4. The first kappa shape index (κ1) is 19.1. The summed E-state index contributed by atoms with van der Waals surface area (Å²) < 4.78 is 0. The molecule has 0 aliphatic rings. The zero-order valence-corrected chi connectivity index (χ0v) is 15.2. The summed E-state index contributed by atoms with van der Waals surface area (Å²) in [4.78, 5) is 13.0. The number of carbonyl (C=O) groups excluding carboxylic acids is 1. The van der Waals surface area contributed by atoms with E-state index in [1.54, 1.807) is 67.6 Å². The third-order valence-electron chi connectivity index (χ3n) is 4.41. The summed E-state index contributed by atoms with van der Waals surface area (Å²) in [7, 11) is 0. The molecular weight excluding hydrogens is 356 g/mol. The molecule has 6 heteroatoms. The Morgan fingerprint density at radius 1 is 0.893 bits per heavy atom. The van der Waals surface area contributed by atoms with Gasteiger partial charge in [-0.05, 0) is 30.2 Å². The molecule has 1 amide bonds. The maximum Gasteiger partial charge on any atom is 0.281 e. The summed E-state index contributed by atoms with van der Waals surface area (Å²) in [6, 6.07) is 21.2. The maximum atomic E-state index is 13.0. The molecule has 3 aromatic carbocycles. The number of nitrogens with one attached hydrogen (secondary N) is 1.